The largest absolute Gasteiger partial charge is 0.368 e. The highest BCUT2D eigenvalue weighted by molar-refractivity contribution is 8.00. The SMILES string of the molecule is CN1CCN(c2nc(N)nc(C(C)(C)Sc3cccc4ccccc34)n2)CC1.Cl. The Morgan fingerprint density at radius 1 is 0.931 bits per heavy atom. The first-order chi connectivity index (χ1) is 13.4. The van der Waals surface area contributed by atoms with Crippen molar-refractivity contribution in [3.8, 4) is 0 Å². The van der Waals surface area contributed by atoms with E-state index in [1.807, 2.05) is 0 Å². The van der Waals surface area contributed by atoms with E-state index in [4.69, 9.17) is 10.7 Å². The van der Waals surface area contributed by atoms with Crippen molar-refractivity contribution >= 4 is 46.8 Å². The van der Waals surface area contributed by atoms with Gasteiger partial charge in [0, 0.05) is 31.1 Å². The fourth-order valence-corrected chi connectivity index (χ4v) is 4.58. The number of hydrogen-bond acceptors (Lipinski definition) is 7. The lowest BCUT2D eigenvalue weighted by atomic mass is 10.1. The first-order valence-electron chi connectivity index (χ1n) is 9.55. The van der Waals surface area contributed by atoms with Gasteiger partial charge in [-0.15, -0.1) is 24.2 Å². The van der Waals surface area contributed by atoms with Crippen LogP contribution in [0.3, 0.4) is 0 Å². The molecule has 4 rings (SSSR count). The van der Waals surface area contributed by atoms with Crippen LogP contribution in [0.2, 0.25) is 0 Å². The zero-order valence-corrected chi connectivity index (χ0v) is 18.6. The number of nitrogens with zero attached hydrogens (tertiary/aromatic N) is 5. The summed E-state index contributed by atoms with van der Waals surface area (Å²) in [5.74, 6) is 1.68. The van der Waals surface area contributed by atoms with Crippen molar-refractivity contribution in [1.82, 2.24) is 19.9 Å². The number of fused-ring (bicyclic) bond motifs is 1. The Labute approximate surface area is 182 Å². The minimum atomic E-state index is -0.345. The van der Waals surface area contributed by atoms with E-state index in [0.717, 1.165) is 26.2 Å². The number of piperazine rings is 1. The summed E-state index contributed by atoms with van der Waals surface area (Å²) in [4.78, 5) is 19.4. The molecule has 154 valence electrons. The molecule has 0 unspecified atom stereocenters. The molecule has 1 fully saturated rings. The molecule has 29 heavy (non-hydrogen) atoms. The van der Waals surface area contributed by atoms with Gasteiger partial charge in [-0.2, -0.15) is 15.0 Å². The van der Waals surface area contributed by atoms with E-state index in [9.17, 15) is 0 Å². The van der Waals surface area contributed by atoms with Crippen LogP contribution >= 0.6 is 24.2 Å². The fourth-order valence-electron chi connectivity index (χ4n) is 3.40. The van der Waals surface area contributed by atoms with Gasteiger partial charge in [-0.3, -0.25) is 0 Å². The van der Waals surface area contributed by atoms with E-state index in [2.05, 4.69) is 83.1 Å². The van der Waals surface area contributed by atoms with E-state index in [-0.39, 0.29) is 23.1 Å². The van der Waals surface area contributed by atoms with Crippen molar-refractivity contribution in [2.75, 3.05) is 43.9 Å². The highest BCUT2D eigenvalue weighted by atomic mass is 35.5. The predicted octanol–water partition coefficient (Wildman–Crippen LogP) is 3.81. The predicted molar refractivity (Wildman–Crippen MR) is 124 cm³/mol. The molecular weight excluding hydrogens is 404 g/mol. The van der Waals surface area contributed by atoms with Crippen LogP contribution in [-0.2, 0) is 4.75 Å². The molecule has 1 saturated heterocycles. The van der Waals surface area contributed by atoms with Crippen molar-refractivity contribution < 1.29 is 0 Å². The summed E-state index contributed by atoms with van der Waals surface area (Å²) in [6, 6.07) is 14.8. The Morgan fingerprint density at radius 2 is 1.62 bits per heavy atom. The average Bonchev–Trinajstić information content (AvgIpc) is 2.68. The smallest absolute Gasteiger partial charge is 0.230 e. The van der Waals surface area contributed by atoms with E-state index < -0.39 is 0 Å². The van der Waals surface area contributed by atoms with E-state index in [1.54, 1.807) is 11.8 Å². The first kappa shape index (κ1) is 21.6. The van der Waals surface area contributed by atoms with E-state index in [1.165, 1.54) is 15.7 Å². The van der Waals surface area contributed by atoms with Crippen molar-refractivity contribution in [3.05, 3.63) is 48.3 Å². The summed E-state index contributed by atoms with van der Waals surface area (Å²) < 4.78 is -0.345. The number of aromatic nitrogens is 3. The molecule has 1 aliphatic rings. The van der Waals surface area contributed by atoms with Crippen molar-refractivity contribution in [3.63, 3.8) is 0 Å². The number of nitrogen functional groups attached to an aromatic ring is 1. The first-order valence-corrected chi connectivity index (χ1v) is 10.4. The Kier molecular flexibility index (Phi) is 6.51. The van der Waals surface area contributed by atoms with Gasteiger partial charge in [-0.1, -0.05) is 36.4 Å². The quantitative estimate of drug-likeness (QED) is 0.631. The number of benzene rings is 2. The van der Waals surface area contributed by atoms with Gasteiger partial charge < -0.3 is 15.5 Å². The minimum absolute atomic E-state index is 0. The second-order valence-corrected chi connectivity index (χ2v) is 9.36. The maximum atomic E-state index is 6.07. The molecule has 0 saturated carbocycles. The molecule has 0 spiro atoms. The van der Waals surface area contributed by atoms with Crippen LogP contribution in [0.1, 0.15) is 19.7 Å². The van der Waals surface area contributed by atoms with Gasteiger partial charge in [0.2, 0.25) is 11.9 Å². The standard InChI is InChI=1S/C21H26N6S.ClH/c1-21(2,28-17-10-6-8-15-7-4-5-9-16(15)17)18-23-19(22)25-20(24-18)27-13-11-26(3)12-14-27;/h4-10H,11-14H2,1-3H3,(H2,22,23,24,25);1H. The summed E-state index contributed by atoms with van der Waals surface area (Å²) in [6.07, 6.45) is 0. The van der Waals surface area contributed by atoms with Crippen LogP contribution in [0, 0.1) is 0 Å². The van der Waals surface area contributed by atoms with Crippen LogP contribution in [0.25, 0.3) is 10.8 Å². The normalized spacial score (nSPS) is 15.3. The molecule has 0 bridgehead atoms. The number of rotatable bonds is 4. The lowest BCUT2D eigenvalue weighted by molar-refractivity contribution is 0.311. The Hall–Kier alpha value is -2.09. The molecule has 1 aliphatic heterocycles. The Bertz CT molecular complexity index is 983. The monoisotopic (exact) mass is 430 g/mol. The number of nitrogens with two attached hydrogens (primary N) is 1. The number of anilines is 2. The second kappa shape index (κ2) is 8.73. The molecule has 1 aromatic heterocycles. The van der Waals surface area contributed by atoms with Gasteiger partial charge in [0.15, 0.2) is 5.82 Å². The van der Waals surface area contributed by atoms with Gasteiger partial charge in [0.25, 0.3) is 0 Å². The van der Waals surface area contributed by atoms with Crippen LogP contribution < -0.4 is 10.6 Å². The van der Waals surface area contributed by atoms with Gasteiger partial charge in [0.1, 0.15) is 0 Å². The van der Waals surface area contributed by atoms with Crippen molar-refractivity contribution in [1.29, 1.82) is 0 Å². The zero-order valence-electron chi connectivity index (χ0n) is 17.0. The molecule has 0 radical (unpaired) electrons. The number of likely N-dealkylation sites (N-methyl/N-ethyl adjacent to an activating group) is 1. The van der Waals surface area contributed by atoms with E-state index >= 15 is 0 Å². The molecule has 0 amide bonds. The summed E-state index contributed by atoms with van der Waals surface area (Å²) in [7, 11) is 2.13. The topological polar surface area (TPSA) is 71.2 Å². The van der Waals surface area contributed by atoms with Crippen molar-refractivity contribution in [2.45, 2.75) is 23.5 Å². The van der Waals surface area contributed by atoms with Gasteiger partial charge in [-0.05, 0) is 37.7 Å². The average molecular weight is 431 g/mol. The maximum Gasteiger partial charge on any atom is 0.230 e. The minimum Gasteiger partial charge on any atom is -0.368 e. The van der Waals surface area contributed by atoms with Crippen LogP contribution in [0.5, 0.6) is 0 Å². The Morgan fingerprint density at radius 3 is 2.38 bits per heavy atom. The van der Waals surface area contributed by atoms with Gasteiger partial charge >= 0.3 is 0 Å². The molecule has 2 heterocycles. The second-order valence-electron chi connectivity index (χ2n) is 7.70. The summed E-state index contributed by atoms with van der Waals surface area (Å²) in [6.45, 7) is 8.07. The van der Waals surface area contributed by atoms with Crippen LogP contribution in [-0.4, -0.2) is 53.1 Å². The number of halogens is 1. The third-order valence-electron chi connectivity index (χ3n) is 5.08. The molecule has 2 aromatic carbocycles. The molecular formula is C21H27ClN6S. The summed E-state index contributed by atoms with van der Waals surface area (Å²) in [5.41, 5.74) is 6.07. The highest BCUT2D eigenvalue weighted by Gasteiger charge is 2.29. The number of hydrogen-bond donors (Lipinski definition) is 1. The number of thioether (sulfide) groups is 1. The van der Waals surface area contributed by atoms with Gasteiger partial charge in [-0.25, -0.2) is 0 Å². The molecule has 0 aliphatic carbocycles. The third-order valence-corrected chi connectivity index (χ3v) is 6.35. The lowest BCUT2D eigenvalue weighted by Gasteiger charge is -2.33. The van der Waals surface area contributed by atoms with Gasteiger partial charge in [0.05, 0.1) is 4.75 Å². The fraction of sp³-hybridized carbons (Fsp3) is 0.381. The highest BCUT2D eigenvalue weighted by Crippen LogP contribution is 2.42. The maximum absolute atomic E-state index is 6.07. The Balaban J connectivity index is 0.00000240. The van der Waals surface area contributed by atoms with E-state index in [0.29, 0.717) is 11.8 Å². The summed E-state index contributed by atoms with van der Waals surface area (Å²) in [5, 5.41) is 2.47. The van der Waals surface area contributed by atoms with Crippen LogP contribution in [0.4, 0.5) is 11.9 Å². The van der Waals surface area contributed by atoms with Crippen LogP contribution in [0.15, 0.2) is 47.4 Å². The third kappa shape index (κ3) is 4.74. The molecule has 0 atom stereocenters. The molecule has 2 N–H and O–H groups in total. The molecule has 6 nitrogen and oxygen atoms in total. The lowest BCUT2D eigenvalue weighted by Crippen LogP contribution is -2.45. The molecule has 3 aromatic rings. The zero-order chi connectivity index (χ0) is 19.7. The van der Waals surface area contributed by atoms with Crippen molar-refractivity contribution in [2.24, 2.45) is 0 Å². The molecule has 8 heteroatoms. The summed E-state index contributed by atoms with van der Waals surface area (Å²) >= 11 is 1.76.